The van der Waals surface area contributed by atoms with Crippen molar-refractivity contribution >= 4 is 47.3 Å². The van der Waals surface area contributed by atoms with Gasteiger partial charge in [0.25, 0.3) is 0 Å². The lowest BCUT2D eigenvalue weighted by molar-refractivity contribution is -0.146. The van der Waals surface area contributed by atoms with Gasteiger partial charge in [-0.25, -0.2) is 4.79 Å². The number of carboxylic acids is 1. The fraction of sp³-hybridized carbons (Fsp3) is 0.600. The number of nitrogens with one attached hydrogen (secondary N) is 7. The van der Waals surface area contributed by atoms with Crippen LogP contribution in [0.5, 0.6) is 0 Å². The molecule has 21 nitrogen and oxygen atoms in total. The molecule has 0 spiro atoms. The van der Waals surface area contributed by atoms with Gasteiger partial charge in [-0.3, -0.25) is 33.6 Å². The second-order valence-corrected chi connectivity index (χ2v) is 13.2. The molecule has 0 radical (unpaired) electrons. The van der Waals surface area contributed by atoms with Gasteiger partial charge in [0.1, 0.15) is 42.3 Å². The zero-order valence-corrected chi connectivity index (χ0v) is 31.5. The Kier molecular flexibility index (Phi) is 19.8. The molecule has 21 heteroatoms. The molecule has 1 aromatic rings. The van der Waals surface area contributed by atoms with Crippen molar-refractivity contribution in [1.29, 1.82) is 0 Å². The monoisotopic (exact) mass is 794 g/mol. The summed E-state index contributed by atoms with van der Waals surface area (Å²) in [6.45, 7) is -1.33. The summed E-state index contributed by atoms with van der Waals surface area (Å²) < 4.78 is 0. The van der Waals surface area contributed by atoms with Crippen LogP contribution in [0.4, 0.5) is 0 Å². The first kappa shape index (κ1) is 46.9. The minimum absolute atomic E-state index is 0.0808. The number of hydrogen-bond donors (Lipinski definition) is 12. The van der Waals surface area contributed by atoms with Crippen LogP contribution in [-0.2, 0) is 44.8 Å². The number of aliphatic carboxylic acids is 1. The fourth-order valence-electron chi connectivity index (χ4n) is 5.78. The van der Waals surface area contributed by atoms with E-state index in [-0.39, 0.29) is 45.1 Å². The standard InChI is InChI=1S/C35H54N8O13/c1-19(47)28-33(53)42-26(18-46)31(51)38-21(29(49)41-25(17-45)32(52)40-23(35(55)56)15-20-9-5-4-6-10-20)11-7-8-14-37-27(48)13-12-22(34(54)43(28)3)39-30(50)24(16-44)36-2/h4-6,9-10,19,21-26,28,36,44-47H,7-8,11-18H2,1-3H3,(H,37,48)(H,38,51)(H,39,50)(H,40,52)(H,41,49)(H,42,53)(H,55,56). The molecule has 1 saturated heterocycles. The van der Waals surface area contributed by atoms with Gasteiger partial charge in [-0.1, -0.05) is 30.3 Å². The van der Waals surface area contributed by atoms with E-state index in [0.717, 1.165) is 11.9 Å². The number of nitrogens with zero attached hydrogens (tertiary/aromatic N) is 1. The van der Waals surface area contributed by atoms with E-state index in [1.54, 1.807) is 30.3 Å². The summed E-state index contributed by atoms with van der Waals surface area (Å²) in [4.78, 5) is 105. The number of rotatable bonds is 14. The van der Waals surface area contributed by atoms with Gasteiger partial charge >= 0.3 is 5.97 Å². The highest BCUT2D eigenvalue weighted by atomic mass is 16.4. The fourth-order valence-corrected chi connectivity index (χ4v) is 5.78. The third-order valence-electron chi connectivity index (χ3n) is 9.02. The molecule has 12 N–H and O–H groups in total. The van der Waals surface area contributed by atoms with Gasteiger partial charge in [-0.15, -0.1) is 0 Å². The normalized spacial score (nSPS) is 22.7. The average Bonchev–Trinajstić information content (AvgIpc) is 3.16. The summed E-state index contributed by atoms with van der Waals surface area (Å²) in [6.07, 6.45) is -1.87. The molecule has 0 bridgehead atoms. The molecular weight excluding hydrogens is 740 g/mol. The number of likely N-dealkylation sites (N-methyl/N-ethyl adjacent to an activating group) is 2. The van der Waals surface area contributed by atoms with Gasteiger partial charge in [-0.05, 0) is 45.2 Å². The molecule has 1 aromatic carbocycles. The van der Waals surface area contributed by atoms with Crippen LogP contribution < -0.4 is 37.2 Å². The quantitative estimate of drug-likeness (QED) is 0.0837. The van der Waals surface area contributed by atoms with Crippen molar-refractivity contribution in [3.63, 3.8) is 0 Å². The number of carbonyl (C=O) groups excluding carboxylic acids is 7. The van der Waals surface area contributed by atoms with Crippen LogP contribution >= 0.6 is 0 Å². The molecule has 56 heavy (non-hydrogen) atoms. The first-order chi connectivity index (χ1) is 26.6. The van der Waals surface area contributed by atoms with Crippen LogP contribution in [-0.4, -0.2) is 167 Å². The number of carbonyl (C=O) groups is 8. The van der Waals surface area contributed by atoms with Crippen LogP contribution in [0, 0.1) is 0 Å². The Morgan fingerprint density at radius 1 is 0.875 bits per heavy atom. The van der Waals surface area contributed by atoms with Crippen LogP contribution in [0.3, 0.4) is 0 Å². The zero-order valence-electron chi connectivity index (χ0n) is 31.5. The molecular formula is C35H54N8O13. The maximum absolute atomic E-state index is 13.7. The molecule has 312 valence electrons. The van der Waals surface area contributed by atoms with E-state index in [0.29, 0.717) is 5.56 Å². The Hall–Kier alpha value is -5.22. The molecule has 1 fully saturated rings. The van der Waals surface area contributed by atoms with Gasteiger partial charge in [0.05, 0.1) is 25.9 Å². The second kappa shape index (κ2) is 23.6. The third kappa shape index (κ3) is 14.5. The Bertz CT molecular complexity index is 1510. The summed E-state index contributed by atoms with van der Waals surface area (Å²) in [6, 6.07) is -2.04. The van der Waals surface area contributed by atoms with Crippen LogP contribution in [0.15, 0.2) is 30.3 Å². The predicted octanol–water partition coefficient (Wildman–Crippen LogP) is -5.41. The number of hydrogen-bond acceptors (Lipinski definition) is 13. The minimum Gasteiger partial charge on any atom is -0.480 e. The SMILES string of the molecule is CNC(CO)C(=O)NC1CCC(=O)NCCCCC(C(=O)NC(CO)C(=O)NC(Cc2ccccc2)C(=O)O)NC(=O)C(CO)NC(=O)C(C(C)O)N(C)C1=O. The van der Waals surface area contributed by atoms with Crippen LogP contribution in [0.25, 0.3) is 0 Å². The largest absolute Gasteiger partial charge is 0.480 e. The van der Waals surface area contributed by atoms with E-state index >= 15 is 0 Å². The Morgan fingerprint density at radius 2 is 1.54 bits per heavy atom. The number of benzene rings is 1. The lowest BCUT2D eigenvalue weighted by atomic mass is 10.0. The number of carboxylic acid groups (broad SMARTS) is 1. The van der Waals surface area contributed by atoms with Crippen molar-refractivity contribution < 1.29 is 63.9 Å². The maximum atomic E-state index is 13.7. The summed E-state index contributed by atoms with van der Waals surface area (Å²) in [5.41, 5.74) is 0.597. The molecule has 1 aliphatic rings. The minimum atomic E-state index is -1.73. The molecule has 1 heterocycles. The number of aliphatic hydroxyl groups excluding tert-OH is 4. The summed E-state index contributed by atoms with van der Waals surface area (Å²) in [5, 5.41) is 66.7. The molecule has 2 rings (SSSR count). The highest BCUT2D eigenvalue weighted by Crippen LogP contribution is 2.12. The zero-order chi connectivity index (χ0) is 41.9. The van der Waals surface area contributed by atoms with Crippen LogP contribution in [0.1, 0.15) is 44.6 Å². The Labute approximate surface area is 323 Å². The highest BCUT2D eigenvalue weighted by Gasteiger charge is 2.38. The van der Waals surface area contributed by atoms with E-state index in [1.165, 1.54) is 14.0 Å². The molecule has 0 aliphatic carbocycles. The second-order valence-electron chi connectivity index (χ2n) is 13.2. The van der Waals surface area contributed by atoms with Crippen molar-refractivity contribution in [2.24, 2.45) is 0 Å². The van der Waals surface area contributed by atoms with Gasteiger partial charge in [0.15, 0.2) is 0 Å². The smallest absolute Gasteiger partial charge is 0.326 e. The van der Waals surface area contributed by atoms with Crippen molar-refractivity contribution in [2.75, 3.05) is 40.5 Å². The first-order valence-corrected chi connectivity index (χ1v) is 18.1. The first-order valence-electron chi connectivity index (χ1n) is 18.1. The third-order valence-corrected chi connectivity index (χ3v) is 9.02. The molecule has 0 saturated carbocycles. The molecule has 1 aliphatic heterocycles. The maximum Gasteiger partial charge on any atom is 0.326 e. The number of amides is 7. The Balaban J connectivity index is 2.33. The van der Waals surface area contributed by atoms with Gasteiger partial charge < -0.3 is 67.7 Å². The Morgan fingerprint density at radius 3 is 2.11 bits per heavy atom. The summed E-state index contributed by atoms with van der Waals surface area (Å²) in [7, 11) is 2.54. The van der Waals surface area contributed by atoms with Gasteiger partial charge in [-0.2, -0.15) is 0 Å². The van der Waals surface area contributed by atoms with Crippen molar-refractivity contribution in [3.8, 4) is 0 Å². The molecule has 0 aromatic heterocycles. The average molecular weight is 795 g/mol. The van der Waals surface area contributed by atoms with Crippen LogP contribution in [0.2, 0.25) is 0 Å². The summed E-state index contributed by atoms with van der Waals surface area (Å²) in [5.74, 6) is -7.78. The topological polar surface area (TPSA) is 325 Å². The molecule has 8 atom stereocenters. The van der Waals surface area contributed by atoms with Crippen molar-refractivity contribution in [1.82, 2.24) is 42.1 Å². The van der Waals surface area contributed by atoms with Crippen molar-refractivity contribution in [2.45, 2.75) is 93.8 Å². The summed E-state index contributed by atoms with van der Waals surface area (Å²) >= 11 is 0. The van der Waals surface area contributed by atoms with Gasteiger partial charge in [0.2, 0.25) is 41.4 Å². The van der Waals surface area contributed by atoms with Crippen molar-refractivity contribution in [3.05, 3.63) is 35.9 Å². The predicted molar refractivity (Wildman–Crippen MR) is 196 cm³/mol. The van der Waals surface area contributed by atoms with E-state index in [2.05, 4.69) is 37.2 Å². The lowest BCUT2D eigenvalue weighted by Crippen LogP contribution is -2.62. The van der Waals surface area contributed by atoms with E-state index in [9.17, 15) is 63.9 Å². The number of aliphatic hydroxyl groups is 4. The highest BCUT2D eigenvalue weighted by molar-refractivity contribution is 5.97. The van der Waals surface area contributed by atoms with E-state index < -0.39 is 116 Å². The molecule has 8 unspecified atom stereocenters. The van der Waals surface area contributed by atoms with E-state index in [1.807, 2.05) is 0 Å². The van der Waals surface area contributed by atoms with Gasteiger partial charge in [0, 0.05) is 26.4 Å². The van der Waals surface area contributed by atoms with E-state index in [4.69, 9.17) is 0 Å². The lowest BCUT2D eigenvalue weighted by Gasteiger charge is -2.33. The molecule has 7 amide bonds.